The summed E-state index contributed by atoms with van der Waals surface area (Å²) in [7, 11) is 2.16. The number of hydrogen-bond donors (Lipinski definition) is 2. The Kier molecular flexibility index (Phi) is 4.00. The maximum absolute atomic E-state index is 12.4. The molecule has 2 N–H and O–H groups in total. The molecule has 2 heterocycles. The summed E-state index contributed by atoms with van der Waals surface area (Å²) in [5.74, 6) is 0.0600. The smallest absolute Gasteiger partial charge is 0.251 e. The number of nitrogens with zero attached hydrogens (tertiary/aromatic N) is 1. The van der Waals surface area contributed by atoms with Gasteiger partial charge in [-0.3, -0.25) is 4.79 Å². The molecule has 1 aromatic rings. The zero-order valence-corrected chi connectivity index (χ0v) is 13.0. The SMILES string of the molecule is CN1CCC(C)(CNC(=O)c2ccc3c(c2)CNC3)CC1. The average Bonchev–Trinajstić information content (AvgIpc) is 2.96. The van der Waals surface area contributed by atoms with Crippen LogP contribution in [0.5, 0.6) is 0 Å². The highest BCUT2D eigenvalue weighted by atomic mass is 16.1. The van der Waals surface area contributed by atoms with E-state index < -0.39 is 0 Å². The number of hydrogen-bond acceptors (Lipinski definition) is 3. The van der Waals surface area contributed by atoms with Gasteiger partial charge in [0.15, 0.2) is 0 Å². The van der Waals surface area contributed by atoms with E-state index in [1.807, 2.05) is 12.1 Å². The minimum absolute atomic E-state index is 0.0600. The van der Waals surface area contributed by atoms with E-state index in [1.54, 1.807) is 0 Å². The molecule has 1 amide bonds. The second kappa shape index (κ2) is 5.78. The van der Waals surface area contributed by atoms with Crippen LogP contribution in [-0.2, 0) is 13.1 Å². The molecule has 2 aliphatic rings. The van der Waals surface area contributed by atoms with Crippen LogP contribution in [0.1, 0.15) is 41.3 Å². The second-order valence-corrected chi connectivity index (χ2v) is 6.88. The molecule has 0 spiro atoms. The maximum atomic E-state index is 12.4. The van der Waals surface area contributed by atoms with Crippen LogP contribution in [0.4, 0.5) is 0 Å². The maximum Gasteiger partial charge on any atom is 0.251 e. The van der Waals surface area contributed by atoms with Crippen molar-refractivity contribution in [1.29, 1.82) is 0 Å². The summed E-state index contributed by atoms with van der Waals surface area (Å²) < 4.78 is 0. The van der Waals surface area contributed by atoms with Crippen LogP contribution in [0.2, 0.25) is 0 Å². The van der Waals surface area contributed by atoms with Crippen LogP contribution in [0.15, 0.2) is 18.2 Å². The largest absolute Gasteiger partial charge is 0.351 e. The lowest BCUT2D eigenvalue weighted by Gasteiger charge is -2.37. The van der Waals surface area contributed by atoms with Crippen LogP contribution in [-0.4, -0.2) is 37.5 Å². The lowest BCUT2D eigenvalue weighted by molar-refractivity contribution is 0.0891. The fourth-order valence-electron chi connectivity index (χ4n) is 3.17. The third kappa shape index (κ3) is 3.27. The minimum Gasteiger partial charge on any atom is -0.351 e. The molecule has 4 nitrogen and oxygen atoms in total. The van der Waals surface area contributed by atoms with Crippen molar-refractivity contribution in [1.82, 2.24) is 15.5 Å². The van der Waals surface area contributed by atoms with E-state index in [0.29, 0.717) is 0 Å². The topological polar surface area (TPSA) is 44.4 Å². The molecule has 4 heteroatoms. The zero-order chi connectivity index (χ0) is 14.9. The van der Waals surface area contributed by atoms with E-state index in [0.717, 1.165) is 51.1 Å². The highest BCUT2D eigenvalue weighted by molar-refractivity contribution is 5.94. The van der Waals surface area contributed by atoms with Crippen molar-refractivity contribution in [2.24, 2.45) is 5.41 Å². The molecule has 0 aromatic heterocycles. The zero-order valence-electron chi connectivity index (χ0n) is 13.0. The molecule has 0 aliphatic carbocycles. The summed E-state index contributed by atoms with van der Waals surface area (Å²) >= 11 is 0. The number of carbonyl (C=O) groups is 1. The van der Waals surface area contributed by atoms with Crippen molar-refractivity contribution < 1.29 is 4.79 Å². The molecule has 0 bridgehead atoms. The fourth-order valence-corrected chi connectivity index (χ4v) is 3.17. The fraction of sp³-hybridized carbons (Fsp3) is 0.588. The summed E-state index contributed by atoms with van der Waals surface area (Å²) in [5, 5.41) is 6.45. The van der Waals surface area contributed by atoms with Crippen LogP contribution in [0, 0.1) is 5.41 Å². The molecule has 3 rings (SSSR count). The normalized spacial score (nSPS) is 21.0. The number of benzene rings is 1. The van der Waals surface area contributed by atoms with Gasteiger partial charge in [-0.25, -0.2) is 0 Å². The Morgan fingerprint density at radius 2 is 2.00 bits per heavy atom. The number of carbonyl (C=O) groups excluding carboxylic acids is 1. The van der Waals surface area contributed by atoms with Gasteiger partial charge in [0.1, 0.15) is 0 Å². The van der Waals surface area contributed by atoms with Gasteiger partial charge in [0, 0.05) is 25.2 Å². The summed E-state index contributed by atoms with van der Waals surface area (Å²) in [6.07, 6.45) is 2.30. The predicted octanol–water partition coefficient (Wildman–Crippen LogP) is 1.75. The number of amides is 1. The van der Waals surface area contributed by atoms with E-state index in [-0.39, 0.29) is 11.3 Å². The number of piperidine rings is 1. The third-order valence-corrected chi connectivity index (χ3v) is 4.97. The molecule has 1 saturated heterocycles. The Morgan fingerprint density at radius 3 is 2.76 bits per heavy atom. The van der Waals surface area contributed by atoms with E-state index in [4.69, 9.17) is 0 Å². The minimum atomic E-state index is 0.0600. The van der Waals surface area contributed by atoms with Gasteiger partial charge in [-0.2, -0.15) is 0 Å². The van der Waals surface area contributed by atoms with E-state index in [2.05, 4.69) is 35.6 Å². The summed E-state index contributed by atoms with van der Waals surface area (Å²) in [5.41, 5.74) is 3.59. The Bertz CT molecular complexity index is 533. The highest BCUT2D eigenvalue weighted by Gasteiger charge is 2.29. The van der Waals surface area contributed by atoms with Gasteiger partial charge in [-0.05, 0) is 61.7 Å². The van der Waals surface area contributed by atoms with Gasteiger partial charge in [0.05, 0.1) is 0 Å². The van der Waals surface area contributed by atoms with Gasteiger partial charge < -0.3 is 15.5 Å². The van der Waals surface area contributed by atoms with E-state index in [9.17, 15) is 4.79 Å². The molecule has 2 aliphatic heterocycles. The van der Waals surface area contributed by atoms with Gasteiger partial charge in [-0.15, -0.1) is 0 Å². The van der Waals surface area contributed by atoms with Crippen molar-refractivity contribution in [3.05, 3.63) is 34.9 Å². The van der Waals surface area contributed by atoms with Crippen molar-refractivity contribution in [3.63, 3.8) is 0 Å². The van der Waals surface area contributed by atoms with Crippen LogP contribution < -0.4 is 10.6 Å². The van der Waals surface area contributed by atoms with Crippen LogP contribution >= 0.6 is 0 Å². The van der Waals surface area contributed by atoms with Gasteiger partial charge >= 0.3 is 0 Å². The first-order chi connectivity index (χ1) is 10.1. The summed E-state index contributed by atoms with van der Waals surface area (Å²) in [6.45, 7) is 7.10. The molecular formula is C17H25N3O. The first kappa shape index (κ1) is 14.5. The molecule has 0 unspecified atom stereocenters. The van der Waals surface area contributed by atoms with Gasteiger partial charge in [0.2, 0.25) is 0 Å². The number of rotatable bonds is 3. The predicted molar refractivity (Wildman–Crippen MR) is 84.2 cm³/mol. The quantitative estimate of drug-likeness (QED) is 0.890. The van der Waals surface area contributed by atoms with Crippen molar-refractivity contribution in [3.8, 4) is 0 Å². The van der Waals surface area contributed by atoms with Crippen LogP contribution in [0.25, 0.3) is 0 Å². The first-order valence-corrected chi connectivity index (χ1v) is 7.85. The van der Waals surface area contributed by atoms with Crippen molar-refractivity contribution >= 4 is 5.91 Å². The standard InChI is InChI=1S/C17H25N3O/c1-17(5-7-20(2)8-6-17)12-19-16(21)13-3-4-14-10-18-11-15(14)9-13/h3-4,9,18H,5-8,10-12H2,1-2H3,(H,19,21). The van der Waals surface area contributed by atoms with E-state index in [1.165, 1.54) is 11.1 Å². The Morgan fingerprint density at radius 1 is 1.29 bits per heavy atom. The van der Waals surface area contributed by atoms with E-state index >= 15 is 0 Å². The first-order valence-electron chi connectivity index (χ1n) is 7.85. The number of fused-ring (bicyclic) bond motifs is 1. The second-order valence-electron chi connectivity index (χ2n) is 6.88. The van der Waals surface area contributed by atoms with Gasteiger partial charge in [0.25, 0.3) is 5.91 Å². The Labute approximate surface area is 126 Å². The Hall–Kier alpha value is -1.39. The molecule has 0 atom stereocenters. The van der Waals surface area contributed by atoms with Crippen molar-refractivity contribution in [2.75, 3.05) is 26.7 Å². The van der Waals surface area contributed by atoms with Gasteiger partial charge in [-0.1, -0.05) is 13.0 Å². The van der Waals surface area contributed by atoms with Crippen molar-refractivity contribution in [2.45, 2.75) is 32.9 Å². The lowest BCUT2D eigenvalue weighted by atomic mass is 9.80. The average molecular weight is 287 g/mol. The Balaban J connectivity index is 1.59. The molecule has 114 valence electrons. The molecule has 1 aromatic carbocycles. The summed E-state index contributed by atoms with van der Waals surface area (Å²) in [4.78, 5) is 14.7. The highest BCUT2D eigenvalue weighted by Crippen LogP contribution is 2.29. The third-order valence-electron chi connectivity index (χ3n) is 4.97. The summed E-state index contributed by atoms with van der Waals surface area (Å²) in [6, 6.07) is 6.04. The number of likely N-dealkylation sites (tertiary alicyclic amines) is 1. The molecule has 21 heavy (non-hydrogen) atoms. The van der Waals surface area contributed by atoms with Crippen LogP contribution in [0.3, 0.4) is 0 Å². The molecular weight excluding hydrogens is 262 g/mol. The molecule has 1 fully saturated rings. The monoisotopic (exact) mass is 287 g/mol. The number of nitrogens with one attached hydrogen (secondary N) is 2. The molecule has 0 radical (unpaired) electrons. The molecule has 0 saturated carbocycles. The lowest BCUT2D eigenvalue weighted by Crippen LogP contribution is -2.43.